The van der Waals surface area contributed by atoms with E-state index >= 15 is 0 Å². The highest BCUT2D eigenvalue weighted by Crippen LogP contribution is 2.23. The molecule has 0 bridgehead atoms. The van der Waals surface area contributed by atoms with E-state index in [9.17, 15) is 4.79 Å². The first-order valence-electron chi connectivity index (χ1n) is 10.3. The van der Waals surface area contributed by atoms with Crippen LogP contribution in [0.25, 0.3) is 0 Å². The second-order valence-electron chi connectivity index (χ2n) is 7.92. The van der Waals surface area contributed by atoms with Crippen molar-refractivity contribution in [3.8, 4) is 0 Å². The Morgan fingerprint density at radius 1 is 1.21 bits per heavy atom. The van der Waals surface area contributed by atoms with E-state index in [0.29, 0.717) is 25.6 Å². The van der Waals surface area contributed by atoms with Gasteiger partial charge in [0.15, 0.2) is 0 Å². The number of hydrogen-bond donors (Lipinski definition) is 1. The Morgan fingerprint density at radius 3 is 2.64 bits per heavy atom. The number of rotatable bonds is 9. The minimum atomic E-state index is -0.494. The molecular weight excluding hydrogens is 378 g/mol. The highest BCUT2D eigenvalue weighted by Gasteiger charge is 2.34. The zero-order chi connectivity index (χ0) is 20.4. The van der Waals surface area contributed by atoms with Crippen molar-refractivity contribution < 1.29 is 19.0 Å². The summed E-state index contributed by atoms with van der Waals surface area (Å²) in [7, 11) is 0. The number of cyclic esters (lactones) is 1. The van der Waals surface area contributed by atoms with Crippen LogP contribution in [-0.4, -0.2) is 43.5 Å². The molecule has 1 aromatic carbocycles. The third-order valence-corrected chi connectivity index (χ3v) is 5.20. The monoisotopic (exact) mass is 411 g/mol. The summed E-state index contributed by atoms with van der Waals surface area (Å²) in [5, 5.41) is 0. The largest absolute Gasteiger partial charge is 0.459 e. The van der Waals surface area contributed by atoms with Crippen LogP contribution >= 0.6 is 11.8 Å². The number of carbonyl (C=O) groups is 1. The molecule has 0 aromatic heterocycles. The highest BCUT2D eigenvalue weighted by atomic mass is 35.5. The van der Waals surface area contributed by atoms with Crippen molar-refractivity contribution in [2.24, 2.45) is 5.92 Å². The summed E-state index contributed by atoms with van der Waals surface area (Å²) in [6, 6.07) is 9.92. The summed E-state index contributed by atoms with van der Waals surface area (Å²) >= 11 is 5.72. The van der Waals surface area contributed by atoms with Gasteiger partial charge in [-0.25, -0.2) is 4.84 Å². The third kappa shape index (κ3) is 7.70. The van der Waals surface area contributed by atoms with Crippen LogP contribution in [0.2, 0.25) is 0 Å². The molecule has 28 heavy (non-hydrogen) atoms. The Kier molecular flexibility index (Phi) is 10.3. The van der Waals surface area contributed by atoms with E-state index in [2.05, 4.69) is 42.9 Å². The maximum absolute atomic E-state index is 12.3. The van der Waals surface area contributed by atoms with Crippen LogP contribution in [0.1, 0.15) is 52.0 Å². The second kappa shape index (κ2) is 12.4. The Bertz CT molecular complexity index is 569. The Balaban J connectivity index is 1.97. The molecule has 2 rings (SSSR count). The van der Waals surface area contributed by atoms with Crippen molar-refractivity contribution in [3.05, 3.63) is 35.9 Å². The van der Waals surface area contributed by atoms with Crippen molar-refractivity contribution in [1.82, 2.24) is 4.84 Å². The van der Waals surface area contributed by atoms with Crippen molar-refractivity contribution in [2.45, 2.75) is 77.2 Å². The molecule has 1 aromatic rings. The Morgan fingerprint density at radius 2 is 1.96 bits per heavy atom. The molecule has 1 aliphatic rings. The zero-order valence-electron chi connectivity index (χ0n) is 17.2. The van der Waals surface area contributed by atoms with Crippen LogP contribution < -0.4 is 4.84 Å². The fourth-order valence-electron chi connectivity index (χ4n) is 3.42. The average Bonchev–Trinajstić information content (AvgIpc) is 2.72. The van der Waals surface area contributed by atoms with Gasteiger partial charge in [0.2, 0.25) is 0 Å². The summed E-state index contributed by atoms with van der Waals surface area (Å²) in [5.74, 6) is 0.0666. The Labute approximate surface area is 174 Å². The number of carbonyl (C=O) groups excluding carboxylic acids is 1. The summed E-state index contributed by atoms with van der Waals surface area (Å²) < 4.78 is 18.0. The molecule has 0 spiro atoms. The fraction of sp³-hybridized carbons (Fsp3) is 0.682. The molecule has 5 nitrogen and oxygen atoms in total. The van der Waals surface area contributed by atoms with E-state index in [1.165, 1.54) is 5.56 Å². The van der Waals surface area contributed by atoms with Crippen LogP contribution in [-0.2, 0) is 25.4 Å². The fourth-order valence-corrected chi connectivity index (χ4v) is 3.62. The number of halogens is 1. The molecule has 1 aliphatic heterocycles. The van der Waals surface area contributed by atoms with E-state index in [-0.39, 0.29) is 18.2 Å². The number of ether oxygens (including phenoxy) is 3. The predicted octanol–water partition coefficient (Wildman–Crippen LogP) is 4.27. The molecule has 0 unspecified atom stereocenters. The van der Waals surface area contributed by atoms with Crippen LogP contribution in [0.15, 0.2) is 30.3 Å². The maximum atomic E-state index is 12.3. The summed E-state index contributed by atoms with van der Waals surface area (Å²) in [6.45, 7) is 7.34. The maximum Gasteiger partial charge on any atom is 0.324 e. The quantitative estimate of drug-likeness (QED) is 0.373. The smallest absolute Gasteiger partial charge is 0.324 e. The molecule has 0 saturated carbocycles. The van der Waals surface area contributed by atoms with Crippen LogP contribution in [0, 0.1) is 5.92 Å². The van der Waals surface area contributed by atoms with Crippen molar-refractivity contribution >= 4 is 17.7 Å². The first kappa shape index (κ1) is 23.1. The summed E-state index contributed by atoms with van der Waals surface area (Å²) in [6.07, 6.45) is 3.39. The normalized spacial score (nSPS) is 26.4. The summed E-state index contributed by atoms with van der Waals surface area (Å²) in [4.78, 5) is 14.8. The van der Waals surface area contributed by atoms with Gasteiger partial charge in [-0.05, 0) is 62.3 Å². The summed E-state index contributed by atoms with van der Waals surface area (Å²) in [5.41, 5.74) is 1.31. The van der Waals surface area contributed by atoms with Crippen molar-refractivity contribution in [1.29, 1.82) is 0 Å². The number of hydrogen-bond acceptors (Lipinski definition) is 5. The van der Waals surface area contributed by atoms with Gasteiger partial charge in [-0.2, -0.15) is 0 Å². The van der Waals surface area contributed by atoms with E-state index in [1.54, 1.807) is 0 Å². The first-order valence-corrected chi connectivity index (χ1v) is 10.7. The third-order valence-electron chi connectivity index (χ3n) is 4.94. The molecule has 4 atom stereocenters. The van der Waals surface area contributed by atoms with Gasteiger partial charge in [-0.1, -0.05) is 44.2 Å². The van der Waals surface area contributed by atoms with Gasteiger partial charge in [0.05, 0.1) is 6.10 Å². The highest BCUT2D eigenvalue weighted by molar-refractivity contribution is 6.14. The lowest BCUT2D eigenvalue weighted by atomic mass is 10.0. The lowest BCUT2D eigenvalue weighted by molar-refractivity contribution is -0.168. The lowest BCUT2D eigenvalue weighted by Crippen LogP contribution is -2.44. The number of nitrogens with one attached hydrogen (secondary N) is 1. The van der Waals surface area contributed by atoms with Gasteiger partial charge < -0.3 is 14.2 Å². The van der Waals surface area contributed by atoms with E-state index < -0.39 is 12.1 Å². The van der Waals surface area contributed by atoms with Crippen molar-refractivity contribution in [2.75, 3.05) is 13.2 Å². The van der Waals surface area contributed by atoms with E-state index in [1.807, 2.05) is 13.0 Å². The van der Waals surface area contributed by atoms with Gasteiger partial charge in [0, 0.05) is 13.2 Å². The molecule has 0 amide bonds. The molecule has 0 radical (unpaired) electrons. The van der Waals surface area contributed by atoms with Crippen LogP contribution in [0.3, 0.4) is 0 Å². The predicted molar refractivity (Wildman–Crippen MR) is 111 cm³/mol. The number of benzene rings is 1. The minimum Gasteiger partial charge on any atom is -0.459 e. The zero-order valence-corrected chi connectivity index (χ0v) is 18.0. The van der Waals surface area contributed by atoms with Crippen LogP contribution in [0.4, 0.5) is 0 Å². The first-order chi connectivity index (χ1) is 13.5. The molecular formula is C22H34ClNO4. The van der Waals surface area contributed by atoms with Crippen molar-refractivity contribution in [3.63, 3.8) is 0 Å². The standard InChI is InChI=1S/C22H34ClNO4/c1-16(2)15-27-21-17(3)28-22(25)19(24-23)12-7-13-20(21)26-14-8-11-18-9-5-4-6-10-18/h4-6,9-10,16-17,19-21,24H,7-8,11-15H2,1-3H3/t17-,19-,20-,21-/m0/s1. The molecule has 1 fully saturated rings. The second-order valence-corrected chi connectivity index (χ2v) is 8.14. The molecule has 0 aliphatic carbocycles. The van der Waals surface area contributed by atoms with Gasteiger partial charge in [0.1, 0.15) is 18.2 Å². The van der Waals surface area contributed by atoms with E-state index in [0.717, 1.165) is 25.7 Å². The number of aryl methyl sites for hydroxylation is 1. The molecule has 1 heterocycles. The van der Waals surface area contributed by atoms with Gasteiger partial charge >= 0.3 is 5.97 Å². The topological polar surface area (TPSA) is 56.8 Å². The lowest BCUT2D eigenvalue weighted by Gasteiger charge is -2.31. The van der Waals surface area contributed by atoms with Gasteiger partial charge in [0.25, 0.3) is 0 Å². The van der Waals surface area contributed by atoms with E-state index in [4.69, 9.17) is 26.0 Å². The van der Waals surface area contributed by atoms with Crippen LogP contribution in [0.5, 0.6) is 0 Å². The SMILES string of the molecule is CC(C)CO[C@H]1[C@H](C)OC(=O)[C@@H](NCl)CCC[C@@H]1OCCCc1ccccc1. The molecule has 1 saturated heterocycles. The average molecular weight is 412 g/mol. The molecule has 6 heteroatoms. The minimum absolute atomic E-state index is 0.105. The molecule has 158 valence electrons. The number of esters is 1. The van der Waals surface area contributed by atoms with Gasteiger partial charge in [-0.15, -0.1) is 0 Å². The molecule has 1 N–H and O–H groups in total. The Hall–Kier alpha value is -1.14. The van der Waals surface area contributed by atoms with Gasteiger partial charge in [-0.3, -0.25) is 4.79 Å².